The summed E-state index contributed by atoms with van der Waals surface area (Å²) in [7, 11) is 0. The van der Waals surface area contributed by atoms with Gasteiger partial charge in [-0.05, 0) is 43.7 Å². The van der Waals surface area contributed by atoms with Gasteiger partial charge >= 0.3 is 5.97 Å². The fourth-order valence-electron chi connectivity index (χ4n) is 2.79. The first kappa shape index (κ1) is 15.1. The number of nitrogens with zero attached hydrogens (tertiary/aromatic N) is 1. The van der Waals surface area contributed by atoms with Gasteiger partial charge in [0.25, 0.3) is 5.91 Å². The number of carboxylic acid groups (broad SMARTS) is 1. The van der Waals surface area contributed by atoms with Crippen LogP contribution >= 0.6 is 0 Å². The van der Waals surface area contributed by atoms with Crippen LogP contribution in [0, 0.1) is 0 Å². The molecular weight excluding hydrogens is 292 g/mol. The van der Waals surface area contributed by atoms with Gasteiger partial charge in [0.1, 0.15) is 5.54 Å². The lowest BCUT2D eigenvalue weighted by Crippen LogP contribution is -2.53. The van der Waals surface area contributed by atoms with Gasteiger partial charge in [-0.2, -0.15) is 0 Å². The Hall–Kier alpha value is -2.82. The quantitative estimate of drug-likeness (QED) is 0.914. The SMILES string of the molecule is CC1(C)Nc2ccccc2N(Cc2cccc(C(=O)O)c2)C1=O. The molecule has 0 aromatic heterocycles. The van der Waals surface area contributed by atoms with Gasteiger partial charge in [-0.25, -0.2) is 4.79 Å². The summed E-state index contributed by atoms with van der Waals surface area (Å²) < 4.78 is 0. The van der Waals surface area contributed by atoms with Gasteiger partial charge in [0.2, 0.25) is 0 Å². The molecule has 1 aliphatic rings. The van der Waals surface area contributed by atoms with E-state index in [0.717, 1.165) is 16.9 Å². The number of nitrogens with one attached hydrogen (secondary N) is 1. The predicted octanol–water partition coefficient (Wildman–Crippen LogP) is 3.12. The lowest BCUT2D eigenvalue weighted by Gasteiger charge is -2.40. The van der Waals surface area contributed by atoms with E-state index in [1.165, 1.54) is 0 Å². The molecule has 0 aliphatic carbocycles. The molecule has 1 amide bonds. The van der Waals surface area contributed by atoms with Crippen LogP contribution in [-0.4, -0.2) is 22.5 Å². The number of hydrogen-bond donors (Lipinski definition) is 2. The maximum Gasteiger partial charge on any atom is 0.335 e. The standard InChI is InChI=1S/C18H18N2O3/c1-18(2)17(23)20(15-9-4-3-8-14(15)19-18)11-12-6-5-7-13(10-12)16(21)22/h3-10,19H,11H2,1-2H3,(H,21,22). The molecule has 0 radical (unpaired) electrons. The second-order valence-corrected chi connectivity index (χ2v) is 6.16. The third-order valence-electron chi connectivity index (χ3n) is 3.94. The van der Waals surface area contributed by atoms with Crippen molar-refractivity contribution in [2.45, 2.75) is 25.9 Å². The summed E-state index contributed by atoms with van der Waals surface area (Å²) >= 11 is 0. The minimum atomic E-state index is -0.973. The van der Waals surface area contributed by atoms with Crippen LogP contribution in [0.5, 0.6) is 0 Å². The number of carbonyl (C=O) groups excluding carboxylic acids is 1. The molecule has 0 spiro atoms. The monoisotopic (exact) mass is 310 g/mol. The maximum absolute atomic E-state index is 12.8. The van der Waals surface area contributed by atoms with Gasteiger partial charge in [-0.1, -0.05) is 24.3 Å². The highest BCUT2D eigenvalue weighted by molar-refractivity contribution is 6.07. The smallest absolute Gasteiger partial charge is 0.335 e. The fourth-order valence-corrected chi connectivity index (χ4v) is 2.79. The minimum absolute atomic E-state index is 0.0445. The van der Waals surface area contributed by atoms with Gasteiger partial charge in [0, 0.05) is 0 Å². The Morgan fingerprint density at radius 2 is 1.91 bits per heavy atom. The number of hydrogen-bond acceptors (Lipinski definition) is 3. The fraction of sp³-hybridized carbons (Fsp3) is 0.222. The van der Waals surface area contributed by atoms with Crippen molar-refractivity contribution in [3.63, 3.8) is 0 Å². The lowest BCUT2D eigenvalue weighted by atomic mass is 9.97. The van der Waals surface area contributed by atoms with Gasteiger partial charge in [0.15, 0.2) is 0 Å². The van der Waals surface area contributed by atoms with E-state index in [1.807, 2.05) is 44.2 Å². The molecule has 5 heteroatoms. The summed E-state index contributed by atoms with van der Waals surface area (Å²) in [5.74, 6) is -1.02. The Balaban J connectivity index is 2.00. The normalized spacial score (nSPS) is 15.7. The molecule has 0 bridgehead atoms. The molecule has 0 unspecified atom stereocenters. The number of aromatic carboxylic acids is 1. The number of benzene rings is 2. The predicted molar refractivity (Wildman–Crippen MR) is 88.7 cm³/mol. The summed E-state index contributed by atoms with van der Waals surface area (Å²) in [4.78, 5) is 25.6. The highest BCUT2D eigenvalue weighted by Crippen LogP contribution is 2.35. The van der Waals surface area contributed by atoms with Gasteiger partial charge in [-0.15, -0.1) is 0 Å². The van der Waals surface area contributed by atoms with Crippen LogP contribution in [0.3, 0.4) is 0 Å². The maximum atomic E-state index is 12.8. The zero-order chi connectivity index (χ0) is 16.6. The van der Waals surface area contributed by atoms with Crippen molar-refractivity contribution in [3.05, 3.63) is 59.7 Å². The summed E-state index contributed by atoms with van der Waals surface area (Å²) in [6.45, 7) is 4.01. The van der Waals surface area contributed by atoms with Crippen LogP contribution in [0.2, 0.25) is 0 Å². The van der Waals surface area contributed by atoms with Crippen molar-refractivity contribution in [1.82, 2.24) is 0 Å². The molecule has 23 heavy (non-hydrogen) atoms. The largest absolute Gasteiger partial charge is 0.478 e. The zero-order valence-electron chi connectivity index (χ0n) is 13.0. The highest BCUT2D eigenvalue weighted by atomic mass is 16.4. The summed E-state index contributed by atoms with van der Waals surface area (Å²) in [6.07, 6.45) is 0. The van der Waals surface area contributed by atoms with Gasteiger partial charge < -0.3 is 15.3 Å². The molecule has 0 saturated heterocycles. The Morgan fingerprint density at radius 3 is 2.65 bits per heavy atom. The Morgan fingerprint density at radius 1 is 1.17 bits per heavy atom. The number of carbonyl (C=O) groups is 2. The number of carboxylic acids is 1. The molecule has 1 heterocycles. The molecule has 1 aliphatic heterocycles. The zero-order valence-corrected chi connectivity index (χ0v) is 13.0. The minimum Gasteiger partial charge on any atom is -0.478 e. The Labute approximate surface area is 134 Å². The molecule has 118 valence electrons. The third kappa shape index (κ3) is 2.77. The molecule has 2 aromatic carbocycles. The average Bonchev–Trinajstić information content (AvgIpc) is 2.51. The van der Waals surface area contributed by atoms with Crippen LogP contribution in [-0.2, 0) is 11.3 Å². The summed E-state index contributed by atoms with van der Waals surface area (Å²) in [5.41, 5.74) is 1.99. The molecule has 3 rings (SSSR count). The summed E-state index contributed by atoms with van der Waals surface area (Å²) in [5, 5.41) is 12.4. The van der Waals surface area contributed by atoms with E-state index >= 15 is 0 Å². The van der Waals surface area contributed by atoms with Crippen LogP contribution in [0.25, 0.3) is 0 Å². The first-order chi connectivity index (χ1) is 10.9. The Kier molecular flexibility index (Phi) is 3.56. The first-order valence-corrected chi connectivity index (χ1v) is 7.40. The van der Waals surface area contributed by atoms with Gasteiger partial charge in [0.05, 0.1) is 23.5 Å². The van der Waals surface area contributed by atoms with Crippen molar-refractivity contribution in [3.8, 4) is 0 Å². The van der Waals surface area contributed by atoms with E-state index in [0.29, 0.717) is 6.54 Å². The second kappa shape index (κ2) is 5.43. The number of para-hydroxylation sites is 2. The number of fused-ring (bicyclic) bond motifs is 1. The number of amides is 1. The molecular formula is C18H18N2O3. The van der Waals surface area contributed by atoms with Crippen molar-refractivity contribution in [2.24, 2.45) is 0 Å². The molecule has 2 N–H and O–H groups in total. The van der Waals surface area contributed by atoms with Crippen molar-refractivity contribution < 1.29 is 14.7 Å². The lowest BCUT2D eigenvalue weighted by molar-refractivity contribution is -0.122. The molecule has 5 nitrogen and oxygen atoms in total. The van der Waals surface area contributed by atoms with Crippen molar-refractivity contribution in [1.29, 1.82) is 0 Å². The molecule has 0 saturated carbocycles. The van der Waals surface area contributed by atoms with Crippen LogP contribution in [0.1, 0.15) is 29.8 Å². The highest BCUT2D eigenvalue weighted by Gasteiger charge is 2.38. The van der Waals surface area contributed by atoms with E-state index in [4.69, 9.17) is 5.11 Å². The molecule has 0 fully saturated rings. The topological polar surface area (TPSA) is 69.6 Å². The molecule has 0 atom stereocenters. The third-order valence-corrected chi connectivity index (χ3v) is 3.94. The van der Waals surface area contributed by atoms with Crippen LogP contribution < -0.4 is 10.2 Å². The van der Waals surface area contributed by atoms with Crippen LogP contribution in [0.4, 0.5) is 11.4 Å². The van der Waals surface area contributed by atoms with Crippen LogP contribution in [0.15, 0.2) is 48.5 Å². The summed E-state index contributed by atoms with van der Waals surface area (Å²) in [6, 6.07) is 14.3. The first-order valence-electron chi connectivity index (χ1n) is 7.40. The van der Waals surface area contributed by atoms with E-state index in [-0.39, 0.29) is 11.5 Å². The number of rotatable bonds is 3. The van der Waals surface area contributed by atoms with E-state index in [2.05, 4.69) is 5.32 Å². The average molecular weight is 310 g/mol. The Bertz CT molecular complexity index is 783. The molecule has 2 aromatic rings. The van der Waals surface area contributed by atoms with Crippen molar-refractivity contribution >= 4 is 23.3 Å². The second-order valence-electron chi connectivity index (χ2n) is 6.16. The van der Waals surface area contributed by atoms with E-state index in [9.17, 15) is 9.59 Å². The van der Waals surface area contributed by atoms with Gasteiger partial charge in [-0.3, -0.25) is 4.79 Å². The van der Waals surface area contributed by atoms with E-state index in [1.54, 1.807) is 23.1 Å². The van der Waals surface area contributed by atoms with Crippen molar-refractivity contribution in [2.75, 3.05) is 10.2 Å². The van der Waals surface area contributed by atoms with E-state index < -0.39 is 11.5 Å². The number of anilines is 2.